The van der Waals surface area contributed by atoms with Crippen LogP contribution >= 0.6 is 0 Å². The maximum absolute atomic E-state index is 12.0. The Hall–Kier alpha value is -1.83. The van der Waals surface area contributed by atoms with Gasteiger partial charge in [0.1, 0.15) is 6.10 Å². The van der Waals surface area contributed by atoms with Crippen molar-refractivity contribution in [1.82, 2.24) is 10.2 Å². The summed E-state index contributed by atoms with van der Waals surface area (Å²) >= 11 is 0. The van der Waals surface area contributed by atoms with Gasteiger partial charge in [0.15, 0.2) is 11.5 Å². The summed E-state index contributed by atoms with van der Waals surface area (Å²) in [6, 6.07) is 6.35. The molecule has 1 amide bonds. The topological polar surface area (TPSA) is 69.3 Å². The first-order valence-corrected chi connectivity index (χ1v) is 9.24. The van der Waals surface area contributed by atoms with Crippen molar-refractivity contribution in [2.75, 3.05) is 39.8 Å². The van der Waals surface area contributed by atoms with Gasteiger partial charge in [0, 0.05) is 6.04 Å². The fourth-order valence-corrected chi connectivity index (χ4v) is 3.02. The third kappa shape index (κ3) is 5.09. The Morgan fingerprint density at radius 3 is 2.88 bits per heavy atom. The van der Waals surface area contributed by atoms with Crippen LogP contribution in [0.4, 0.5) is 0 Å². The zero-order valence-corrected chi connectivity index (χ0v) is 15.5. The van der Waals surface area contributed by atoms with Crippen LogP contribution < -0.4 is 14.8 Å². The number of rotatable bonds is 10. The molecule has 0 saturated carbocycles. The molecule has 1 unspecified atom stereocenters. The number of hydrogen-bond acceptors (Lipinski definition) is 6. The minimum absolute atomic E-state index is 0.0129. The lowest BCUT2D eigenvalue weighted by Crippen LogP contribution is -2.43. The van der Waals surface area contributed by atoms with Crippen molar-refractivity contribution in [3.63, 3.8) is 0 Å². The quantitative estimate of drug-likeness (QED) is 0.635. The van der Waals surface area contributed by atoms with E-state index in [0.29, 0.717) is 45.7 Å². The van der Waals surface area contributed by atoms with Crippen molar-refractivity contribution >= 4 is 5.91 Å². The third-order valence-corrected chi connectivity index (χ3v) is 4.77. The molecule has 1 N–H and O–H groups in total. The number of carbonyl (C=O) groups excluding carboxylic acids is 1. The normalized spacial score (nSPS) is 17.2. The Kier molecular flexibility index (Phi) is 6.71. The van der Waals surface area contributed by atoms with Crippen LogP contribution in [0.5, 0.6) is 11.5 Å². The molecule has 1 fully saturated rings. The molecule has 0 bridgehead atoms. The molecule has 0 aliphatic carbocycles. The summed E-state index contributed by atoms with van der Waals surface area (Å²) in [4.78, 5) is 14.2. The molecule has 2 heterocycles. The number of carbonyl (C=O) groups is 1. The van der Waals surface area contributed by atoms with E-state index in [1.807, 2.05) is 12.1 Å². The van der Waals surface area contributed by atoms with Crippen molar-refractivity contribution in [1.29, 1.82) is 0 Å². The van der Waals surface area contributed by atoms with Gasteiger partial charge < -0.3 is 24.3 Å². The summed E-state index contributed by atoms with van der Waals surface area (Å²) in [6.45, 7) is 7.68. The highest BCUT2D eigenvalue weighted by Gasteiger charge is 2.19. The Balaban J connectivity index is 1.40. The second-order valence-corrected chi connectivity index (χ2v) is 6.68. The molecule has 144 valence electrons. The van der Waals surface area contributed by atoms with E-state index in [0.717, 1.165) is 24.5 Å². The van der Waals surface area contributed by atoms with E-state index in [-0.39, 0.29) is 12.0 Å². The molecule has 0 spiro atoms. The van der Waals surface area contributed by atoms with Crippen LogP contribution in [-0.2, 0) is 20.7 Å². The molecular formula is C19H28N2O5. The van der Waals surface area contributed by atoms with Crippen molar-refractivity contribution in [3.8, 4) is 11.5 Å². The van der Waals surface area contributed by atoms with Crippen LogP contribution in [0.3, 0.4) is 0 Å². The average Bonchev–Trinajstić information content (AvgIpc) is 3.05. The minimum Gasteiger partial charge on any atom is -0.454 e. The van der Waals surface area contributed by atoms with E-state index in [1.165, 1.54) is 5.56 Å². The fourth-order valence-electron chi connectivity index (χ4n) is 3.02. The summed E-state index contributed by atoms with van der Waals surface area (Å²) in [6.07, 6.45) is 1.42. The fraction of sp³-hybridized carbons (Fsp3) is 0.632. The first kappa shape index (κ1) is 18.9. The average molecular weight is 364 g/mol. The minimum atomic E-state index is 0.0129. The van der Waals surface area contributed by atoms with Crippen LogP contribution in [-0.4, -0.2) is 62.8 Å². The molecule has 7 nitrogen and oxygen atoms in total. The van der Waals surface area contributed by atoms with E-state index in [4.69, 9.17) is 18.9 Å². The second-order valence-electron chi connectivity index (χ2n) is 6.68. The Labute approximate surface area is 154 Å². The highest BCUT2D eigenvalue weighted by atomic mass is 16.7. The van der Waals surface area contributed by atoms with Crippen LogP contribution in [0.15, 0.2) is 18.2 Å². The summed E-state index contributed by atoms with van der Waals surface area (Å²) < 4.78 is 21.4. The zero-order valence-electron chi connectivity index (χ0n) is 15.5. The predicted octanol–water partition coefficient (Wildman–Crippen LogP) is 1.55. The van der Waals surface area contributed by atoms with E-state index in [1.54, 1.807) is 0 Å². The third-order valence-electron chi connectivity index (χ3n) is 4.77. The van der Waals surface area contributed by atoms with Crippen molar-refractivity contribution in [2.45, 2.75) is 38.8 Å². The summed E-state index contributed by atoms with van der Waals surface area (Å²) in [5, 5.41) is 2.98. The standard InChI is InChI=1S/C19H28N2O5/c1-3-21(12-20-19(22)6-7-24-16-10-23-11-16)14(2)8-15-4-5-17-18(9-15)26-13-25-17/h4-5,9,14,16H,3,6-8,10-13H2,1-2H3,(H,20,22). The Morgan fingerprint density at radius 2 is 2.15 bits per heavy atom. The maximum atomic E-state index is 12.0. The lowest BCUT2D eigenvalue weighted by molar-refractivity contribution is -0.137. The number of nitrogens with zero attached hydrogens (tertiary/aromatic N) is 1. The van der Waals surface area contributed by atoms with E-state index in [9.17, 15) is 4.79 Å². The number of benzene rings is 1. The first-order valence-electron chi connectivity index (χ1n) is 9.24. The van der Waals surface area contributed by atoms with E-state index in [2.05, 4.69) is 30.1 Å². The van der Waals surface area contributed by atoms with Gasteiger partial charge in [-0.25, -0.2) is 0 Å². The van der Waals surface area contributed by atoms with Gasteiger partial charge in [0.05, 0.1) is 32.9 Å². The van der Waals surface area contributed by atoms with Crippen LogP contribution in [0.1, 0.15) is 25.8 Å². The number of nitrogens with one attached hydrogen (secondary N) is 1. The molecule has 2 aliphatic rings. The highest BCUT2D eigenvalue weighted by Crippen LogP contribution is 2.32. The Morgan fingerprint density at radius 1 is 1.35 bits per heavy atom. The molecule has 26 heavy (non-hydrogen) atoms. The number of likely N-dealkylation sites (N-methyl/N-ethyl adjacent to an activating group) is 1. The lowest BCUT2D eigenvalue weighted by atomic mass is 10.1. The molecule has 1 aromatic rings. The molecule has 7 heteroatoms. The van der Waals surface area contributed by atoms with Gasteiger partial charge in [-0.1, -0.05) is 13.0 Å². The maximum Gasteiger partial charge on any atom is 0.231 e. The molecule has 3 rings (SSSR count). The molecule has 1 atom stereocenters. The van der Waals surface area contributed by atoms with Gasteiger partial charge in [0.25, 0.3) is 0 Å². The molecular weight excluding hydrogens is 336 g/mol. The molecule has 2 aliphatic heterocycles. The van der Waals surface area contributed by atoms with E-state index < -0.39 is 0 Å². The summed E-state index contributed by atoms with van der Waals surface area (Å²) in [5.41, 5.74) is 1.20. The Bertz CT molecular complexity index is 606. The van der Waals surface area contributed by atoms with Gasteiger partial charge in [-0.2, -0.15) is 0 Å². The molecule has 1 aromatic carbocycles. The summed E-state index contributed by atoms with van der Waals surface area (Å²) in [7, 11) is 0. The second kappa shape index (κ2) is 9.21. The summed E-state index contributed by atoms with van der Waals surface area (Å²) in [5.74, 6) is 1.62. The number of hydrogen-bond donors (Lipinski definition) is 1. The lowest BCUT2D eigenvalue weighted by Gasteiger charge is -2.28. The SMILES string of the molecule is CCN(CNC(=O)CCOC1COC1)C(C)Cc1ccc2c(c1)OCO2. The van der Waals surface area contributed by atoms with Gasteiger partial charge in [-0.05, 0) is 37.6 Å². The van der Waals surface area contributed by atoms with Gasteiger partial charge in [-0.15, -0.1) is 0 Å². The van der Waals surface area contributed by atoms with Crippen molar-refractivity contribution < 1.29 is 23.7 Å². The monoisotopic (exact) mass is 364 g/mol. The molecule has 0 aromatic heterocycles. The zero-order chi connectivity index (χ0) is 18.4. The van der Waals surface area contributed by atoms with Crippen molar-refractivity contribution in [2.24, 2.45) is 0 Å². The largest absolute Gasteiger partial charge is 0.454 e. The van der Waals surface area contributed by atoms with Gasteiger partial charge in [-0.3, -0.25) is 9.69 Å². The number of fused-ring (bicyclic) bond motifs is 1. The number of amides is 1. The van der Waals surface area contributed by atoms with Crippen LogP contribution in [0.25, 0.3) is 0 Å². The van der Waals surface area contributed by atoms with Gasteiger partial charge in [0.2, 0.25) is 12.7 Å². The van der Waals surface area contributed by atoms with Gasteiger partial charge >= 0.3 is 0 Å². The molecule has 1 saturated heterocycles. The predicted molar refractivity (Wildman–Crippen MR) is 96.3 cm³/mol. The van der Waals surface area contributed by atoms with Crippen LogP contribution in [0.2, 0.25) is 0 Å². The first-order chi connectivity index (χ1) is 12.7. The highest BCUT2D eigenvalue weighted by molar-refractivity contribution is 5.75. The number of ether oxygens (including phenoxy) is 4. The van der Waals surface area contributed by atoms with E-state index >= 15 is 0 Å². The van der Waals surface area contributed by atoms with Crippen LogP contribution in [0, 0.1) is 0 Å². The molecule has 0 radical (unpaired) electrons. The van der Waals surface area contributed by atoms with Crippen molar-refractivity contribution in [3.05, 3.63) is 23.8 Å². The smallest absolute Gasteiger partial charge is 0.231 e.